The van der Waals surface area contributed by atoms with Gasteiger partial charge in [0, 0.05) is 25.6 Å². The van der Waals surface area contributed by atoms with Gasteiger partial charge in [-0.3, -0.25) is 4.79 Å². The number of amides is 1. The van der Waals surface area contributed by atoms with Crippen LogP contribution < -0.4 is 5.73 Å². The number of nitrogens with two attached hydrogens (primary N) is 1. The highest BCUT2D eigenvalue weighted by atomic mass is 35.5. The molecule has 0 aromatic heterocycles. The van der Waals surface area contributed by atoms with Crippen LogP contribution >= 0.6 is 12.4 Å². The number of hydrogen-bond acceptors (Lipinski definition) is 2. The molecule has 17 heavy (non-hydrogen) atoms. The first-order chi connectivity index (χ1) is 7.81. The molecule has 1 saturated heterocycles. The molecule has 1 heterocycles. The molecule has 2 N–H and O–H groups in total. The third-order valence-electron chi connectivity index (χ3n) is 4.21. The van der Waals surface area contributed by atoms with E-state index in [1.807, 2.05) is 4.90 Å². The quantitative estimate of drug-likeness (QED) is 0.843. The lowest BCUT2D eigenvalue weighted by Crippen LogP contribution is -2.39. The molecule has 1 amide bonds. The van der Waals surface area contributed by atoms with Gasteiger partial charge in [0.25, 0.3) is 0 Å². The minimum Gasteiger partial charge on any atom is -0.338 e. The summed E-state index contributed by atoms with van der Waals surface area (Å²) >= 11 is 0. The van der Waals surface area contributed by atoms with Crippen molar-refractivity contribution in [3.05, 3.63) is 0 Å². The fraction of sp³-hybridized carbons (Fsp3) is 0.923. The Kier molecular flexibility index (Phi) is 6.28. The molecule has 100 valence electrons. The smallest absolute Gasteiger partial charge is 0.222 e. The molecule has 1 atom stereocenters. The van der Waals surface area contributed by atoms with Crippen molar-refractivity contribution in [1.82, 2.24) is 4.90 Å². The summed E-state index contributed by atoms with van der Waals surface area (Å²) in [5.41, 5.74) is 5.69. The van der Waals surface area contributed by atoms with Gasteiger partial charge in [-0.25, -0.2) is 0 Å². The van der Waals surface area contributed by atoms with E-state index < -0.39 is 0 Å². The van der Waals surface area contributed by atoms with Gasteiger partial charge in [0.1, 0.15) is 0 Å². The normalized spacial score (nSPS) is 25.0. The van der Waals surface area contributed by atoms with Crippen LogP contribution in [0.3, 0.4) is 0 Å². The van der Waals surface area contributed by atoms with E-state index in [9.17, 15) is 4.79 Å². The molecule has 0 aromatic carbocycles. The van der Waals surface area contributed by atoms with Crippen molar-refractivity contribution < 1.29 is 4.79 Å². The Bertz CT molecular complexity index is 242. The molecule has 2 fully saturated rings. The van der Waals surface area contributed by atoms with E-state index in [1.54, 1.807) is 0 Å². The van der Waals surface area contributed by atoms with Gasteiger partial charge >= 0.3 is 0 Å². The second kappa shape index (κ2) is 7.22. The number of carbonyl (C=O) groups is 1. The van der Waals surface area contributed by atoms with Crippen molar-refractivity contribution in [2.45, 2.75) is 57.4 Å². The van der Waals surface area contributed by atoms with Crippen molar-refractivity contribution in [1.29, 1.82) is 0 Å². The molecule has 0 spiro atoms. The van der Waals surface area contributed by atoms with Crippen molar-refractivity contribution in [2.75, 3.05) is 13.1 Å². The summed E-state index contributed by atoms with van der Waals surface area (Å²) in [7, 11) is 0. The summed E-state index contributed by atoms with van der Waals surface area (Å²) in [6.45, 7) is 1.57. The summed E-state index contributed by atoms with van der Waals surface area (Å²) in [5.74, 6) is 1.17. The number of carbonyl (C=O) groups excluding carboxylic acids is 1. The highest BCUT2D eigenvalue weighted by molar-refractivity contribution is 5.85. The number of likely N-dealkylation sites (tertiary alicyclic amines) is 1. The molecule has 1 unspecified atom stereocenters. The summed E-state index contributed by atoms with van der Waals surface area (Å²) in [5, 5.41) is 0. The molecule has 4 heteroatoms. The summed E-state index contributed by atoms with van der Waals surface area (Å²) in [6, 6.07) is 0.330. The predicted octanol–water partition coefficient (Wildman–Crippen LogP) is 2.33. The minimum absolute atomic E-state index is 0. The Labute approximate surface area is 111 Å². The van der Waals surface area contributed by atoms with E-state index in [-0.39, 0.29) is 12.4 Å². The van der Waals surface area contributed by atoms with E-state index in [2.05, 4.69) is 0 Å². The Hall–Kier alpha value is -0.280. The summed E-state index contributed by atoms with van der Waals surface area (Å²) in [6.07, 6.45) is 9.51. The molecule has 2 rings (SSSR count). The average molecular weight is 261 g/mol. The Balaban J connectivity index is 0.00000144. The molecule has 1 saturated carbocycles. The number of halogens is 1. The lowest BCUT2D eigenvalue weighted by Gasteiger charge is -2.24. The van der Waals surface area contributed by atoms with Crippen LogP contribution in [0.5, 0.6) is 0 Å². The molecule has 0 aromatic rings. The van der Waals surface area contributed by atoms with Crippen LogP contribution in [0.25, 0.3) is 0 Å². The first-order valence-electron chi connectivity index (χ1n) is 6.81. The van der Waals surface area contributed by atoms with Gasteiger partial charge in [-0.2, -0.15) is 0 Å². The zero-order chi connectivity index (χ0) is 11.4. The van der Waals surface area contributed by atoms with Gasteiger partial charge < -0.3 is 10.6 Å². The number of hydrogen-bond donors (Lipinski definition) is 1. The fourth-order valence-electron chi connectivity index (χ4n) is 3.18. The third-order valence-corrected chi connectivity index (χ3v) is 4.21. The number of rotatable bonds is 4. The number of nitrogens with zero attached hydrogens (tertiary/aromatic N) is 1. The van der Waals surface area contributed by atoms with Crippen LogP contribution in [0.1, 0.15) is 51.4 Å². The van der Waals surface area contributed by atoms with Gasteiger partial charge in [-0.15, -0.1) is 12.4 Å². The molecular weight excluding hydrogens is 236 g/mol. The van der Waals surface area contributed by atoms with Crippen LogP contribution in [0.2, 0.25) is 0 Å². The van der Waals surface area contributed by atoms with E-state index in [0.717, 1.165) is 38.1 Å². The topological polar surface area (TPSA) is 46.3 Å². The van der Waals surface area contributed by atoms with Crippen LogP contribution in [0.15, 0.2) is 0 Å². The molecule has 1 aliphatic carbocycles. The van der Waals surface area contributed by atoms with Crippen LogP contribution in [0, 0.1) is 5.92 Å². The molecular formula is C13H25ClN2O. The largest absolute Gasteiger partial charge is 0.338 e. The lowest BCUT2D eigenvalue weighted by molar-refractivity contribution is -0.132. The maximum atomic E-state index is 12.0. The van der Waals surface area contributed by atoms with Crippen molar-refractivity contribution >= 4 is 18.3 Å². The fourth-order valence-corrected chi connectivity index (χ4v) is 3.18. The zero-order valence-corrected chi connectivity index (χ0v) is 11.4. The van der Waals surface area contributed by atoms with E-state index >= 15 is 0 Å². The first kappa shape index (κ1) is 14.8. The van der Waals surface area contributed by atoms with Crippen LogP contribution in [-0.2, 0) is 4.79 Å². The van der Waals surface area contributed by atoms with E-state index in [1.165, 1.54) is 25.7 Å². The SMILES string of the molecule is Cl.NCC1CCCN1C(=O)CCC1CCCC1. The van der Waals surface area contributed by atoms with Crippen molar-refractivity contribution in [3.8, 4) is 0 Å². The minimum atomic E-state index is 0. The first-order valence-corrected chi connectivity index (χ1v) is 6.81. The lowest BCUT2D eigenvalue weighted by atomic mass is 10.0. The monoisotopic (exact) mass is 260 g/mol. The van der Waals surface area contributed by atoms with Crippen LogP contribution in [0.4, 0.5) is 0 Å². The van der Waals surface area contributed by atoms with Gasteiger partial charge in [0.05, 0.1) is 0 Å². The highest BCUT2D eigenvalue weighted by Crippen LogP contribution is 2.29. The molecule has 2 aliphatic rings. The highest BCUT2D eigenvalue weighted by Gasteiger charge is 2.27. The summed E-state index contributed by atoms with van der Waals surface area (Å²) in [4.78, 5) is 14.1. The predicted molar refractivity (Wildman–Crippen MR) is 72.2 cm³/mol. The van der Waals surface area contributed by atoms with Gasteiger partial charge in [-0.05, 0) is 25.2 Å². The standard InChI is InChI=1S/C13H24N2O.ClH/c14-10-12-6-3-9-15(12)13(16)8-7-11-4-1-2-5-11;/h11-12H,1-10,14H2;1H. The third kappa shape index (κ3) is 3.85. The molecule has 0 bridgehead atoms. The Morgan fingerprint density at radius 2 is 1.88 bits per heavy atom. The second-order valence-corrected chi connectivity index (χ2v) is 5.31. The van der Waals surface area contributed by atoms with E-state index in [4.69, 9.17) is 5.73 Å². The van der Waals surface area contributed by atoms with Crippen LogP contribution in [-0.4, -0.2) is 29.9 Å². The van der Waals surface area contributed by atoms with Crippen molar-refractivity contribution in [3.63, 3.8) is 0 Å². The Morgan fingerprint density at radius 1 is 1.18 bits per heavy atom. The second-order valence-electron chi connectivity index (χ2n) is 5.31. The molecule has 3 nitrogen and oxygen atoms in total. The van der Waals surface area contributed by atoms with Crippen molar-refractivity contribution in [2.24, 2.45) is 11.7 Å². The zero-order valence-electron chi connectivity index (χ0n) is 10.6. The van der Waals surface area contributed by atoms with Gasteiger partial charge in [0.2, 0.25) is 5.91 Å². The Morgan fingerprint density at radius 3 is 2.53 bits per heavy atom. The maximum Gasteiger partial charge on any atom is 0.222 e. The van der Waals surface area contributed by atoms with Gasteiger partial charge in [0.15, 0.2) is 0 Å². The van der Waals surface area contributed by atoms with Gasteiger partial charge in [-0.1, -0.05) is 25.7 Å². The average Bonchev–Trinajstić information content (AvgIpc) is 2.96. The molecule has 1 aliphatic heterocycles. The molecule has 0 radical (unpaired) electrons. The van der Waals surface area contributed by atoms with E-state index in [0.29, 0.717) is 18.5 Å². The summed E-state index contributed by atoms with van der Waals surface area (Å²) < 4.78 is 0. The maximum absolute atomic E-state index is 12.0.